The lowest BCUT2D eigenvalue weighted by Crippen LogP contribution is -2.30. The molecule has 0 saturated carbocycles. The van der Waals surface area contributed by atoms with Gasteiger partial charge in [-0.3, -0.25) is 9.48 Å². The fourth-order valence-electron chi connectivity index (χ4n) is 1.62. The van der Waals surface area contributed by atoms with Gasteiger partial charge in [-0.25, -0.2) is 0 Å². The first-order valence-electron chi connectivity index (χ1n) is 6.70. The maximum atomic E-state index is 12.5. The van der Waals surface area contributed by atoms with Gasteiger partial charge >= 0.3 is 6.18 Å². The number of aryl methyl sites for hydroxylation is 1. The minimum absolute atomic E-state index is 0.133. The van der Waals surface area contributed by atoms with Gasteiger partial charge in [0.05, 0.1) is 6.10 Å². The molecule has 5 nitrogen and oxygen atoms in total. The van der Waals surface area contributed by atoms with Gasteiger partial charge in [-0.15, -0.1) is 0 Å². The molecule has 1 heterocycles. The van der Waals surface area contributed by atoms with Crippen LogP contribution in [0, 0.1) is 6.92 Å². The van der Waals surface area contributed by atoms with Crippen LogP contribution in [0.2, 0.25) is 0 Å². The fraction of sp³-hybridized carbons (Fsp3) is 0.692. The van der Waals surface area contributed by atoms with Gasteiger partial charge < -0.3 is 10.1 Å². The Labute approximate surface area is 121 Å². The smallest absolute Gasteiger partial charge is 0.379 e. The van der Waals surface area contributed by atoms with Crippen LogP contribution in [0.4, 0.5) is 13.2 Å². The molecule has 1 amide bonds. The molecule has 0 aliphatic carbocycles. The molecule has 0 fully saturated rings. The van der Waals surface area contributed by atoms with Crippen LogP contribution >= 0.6 is 0 Å². The van der Waals surface area contributed by atoms with Crippen LogP contribution in [0.3, 0.4) is 0 Å². The van der Waals surface area contributed by atoms with Gasteiger partial charge in [0.15, 0.2) is 5.69 Å². The van der Waals surface area contributed by atoms with Gasteiger partial charge in [-0.2, -0.15) is 18.3 Å². The predicted octanol–water partition coefficient (Wildman–Crippen LogP) is 2.14. The number of hydrogen-bond donors (Lipinski definition) is 1. The van der Waals surface area contributed by atoms with E-state index in [1.54, 1.807) is 0 Å². The first-order chi connectivity index (χ1) is 9.70. The molecule has 8 heteroatoms. The molecule has 0 aromatic carbocycles. The Kier molecular flexibility index (Phi) is 6.19. The molecule has 120 valence electrons. The average molecular weight is 307 g/mol. The van der Waals surface area contributed by atoms with Gasteiger partial charge in [0, 0.05) is 18.8 Å². The van der Waals surface area contributed by atoms with Crippen molar-refractivity contribution < 1.29 is 22.7 Å². The van der Waals surface area contributed by atoms with Gasteiger partial charge in [-0.05, 0) is 33.3 Å². The molecule has 1 aromatic heterocycles. The Bertz CT molecular complexity index is 470. The van der Waals surface area contributed by atoms with E-state index in [1.807, 2.05) is 13.8 Å². The number of hydrogen-bond acceptors (Lipinski definition) is 3. The third-order valence-corrected chi connectivity index (χ3v) is 2.66. The Balaban J connectivity index is 2.40. The largest absolute Gasteiger partial charge is 0.435 e. The molecular formula is C13H20F3N3O2. The standard InChI is InChI=1S/C13H20F3N3O2/c1-9(2)21-6-4-5-17-12(20)8-19-10(3)7-11(18-19)13(14,15)16/h7,9H,4-6,8H2,1-3H3,(H,17,20). The van der Waals surface area contributed by atoms with E-state index in [-0.39, 0.29) is 18.6 Å². The SMILES string of the molecule is Cc1cc(C(F)(F)F)nn1CC(=O)NCCCOC(C)C. The van der Waals surface area contributed by atoms with Crippen LogP contribution in [0.15, 0.2) is 6.07 Å². The van der Waals surface area contributed by atoms with Gasteiger partial charge in [0.25, 0.3) is 0 Å². The van der Waals surface area contributed by atoms with Gasteiger partial charge in [-0.1, -0.05) is 0 Å². The maximum absolute atomic E-state index is 12.5. The van der Waals surface area contributed by atoms with Crippen molar-refractivity contribution in [1.82, 2.24) is 15.1 Å². The third kappa shape index (κ3) is 6.16. The second-order valence-electron chi connectivity index (χ2n) is 4.95. The molecular weight excluding hydrogens is 287 g/mol. The van der Waals surface area contributed by atoms with E-state index in [0.29, 0.717) is 25.3 Å². The highest BCUT2D eigenvalue weighted by molar-refractivity contribution is 5.75. The topological polar surface area (TPSA) is 56.2 Å². The second kappa shape index (κ2) is 7.44. The summed E-state index contributed by atoms with van der Waals surface area (Å²) in [5, 5.41) is 6.01. The van der Waals surface area contributed by atoms with Crippen LogP contribution in [-0.4, -0.2) is 34.9 Å². The van der Waals surface area contributed by atoms with Crippen molar-refractivity contribution in [2.45, 2.75) is 46.0 Å². The molecule has 0 atom stereocenters. The number of carbonyl (C=O) groups excluding carboxylic acids is 1. The molecule has 21 heavy (non-hydrogen) atoms. The molecule has 1 rings (SSSR count). The van der Waals surface area contributed by atoms with Crippen molar-refractivity contribution in [2.75, 3.05) is 13.2 Å². The van der Waals surface area contributed by atoms with E-state index in [2.05, 4.69) is 10.4 Å². The highest BCUT2D eigenvalue weighted by Gasteiger charge is 2.34. The number of nitrogens with one attached hydrogen (secondary N) is 1. The van der Waals surface area contributed by atoms with E-state index in [9.17, 15) is 18.0 Å². The number of carbonyl (C=O) groups is 1. The van der Waals surface area contributed by atoms with Crippen LogP contribution in [0.1, 0.15) is 31.7 Å². The molecule has 0 unspecified atom stereocenters. The fourth-order valence-corrected chi connectivity index (χ4v) is 1.62. The predicted molar refractivity (Wildman–Crippen MR) is 70.7 cm³/mol. The van der Waals surface area contributed by atoms with Crippen molar-refractivity contribution in [2.24, 2.45) is 0 Å². The van der Waals surface area contributed by atoms with Crippen LogP contribution in [0.25, 0.3) is 0 Å². The Morgan fingerprint density at radius 1 is 1.48 bits per heavy atom. The number of rotatable bonds is 7. The zero-order chi connectivity index (χ0) is 16.0. The Hall–Kier alpha value is -1.57. The molecule has 1 N–H and O–H groups in total. The van der Waals surface area contributed by atoms with Crippen LogP contribution < -0.4 is 5.32 Å². The van der Waals surface area contributed by atoms with E-state index in [1.165, 1.54) is 6.92 Å². The lowest BCUT2D eigenvalue weighted by atomic mass is 10.3. The quantitative estimate of drug-likeness (QED) is 0.785. The molecule has 0 saturated heterocycles. The molecule has 0 radical (unpaired) electrons. The summed E-state index contributed by atoms with van der Waals surface area (Å²) >= 11 is 0. The van der Waals surface area contributed by atoms with E-state index in [0.717, 1.165) is 10.7 Å². The van der Waals surface area contributed by atoms with Gasteiger partial charge in [0.1, 0.15) is 6.54 Å². The normalized spacial score (nSPS) is 12.0. The second-order valence-corrected chi connectivity index (χ2v) is 4.95. The highest BCUT2D eigenvalue weighted by atomic mass is 19.4. The minimum atomic E-state index is -4.50. The van der Waals surface area contributed by atoms with Crippen molar-refractivity contribution in [1.29, 1.82) is 0 Å². The Morgan fingerprint density at radius 2 is 2.14 bits per heavy atom. The van der Waals surface area contributed by atoms with Crippen LogP contribution in [-0.2, 0) is 22.3 Å². The number of amides is 1. The monoisotopic (exact) mass is 307 g/mol. The molecule has 1 aromatic rings. The number of aromatic nitrogens is 2. The number of alkyl halides is 3. The highest BCUT2D eigenvalue weighted by Crippen LogP contribution is 2.28. The summed E-state index contributed by atoms with van der Waals surface area (Å²) in [5.41, 5.74) is -0.696. The summed E-state index contributed by atoms with van der Waals surface area (Å²) < 4.78 is 43.8. The van der Waals surface area contributed by atoms with E-state index < -0.39 is 11.9 Å². The summed E-state index contributed by atoms with van der Waals surface area (Å²) in [5.74, 6) is -0.375. The molecule has 0 aliphatic rings. The van der Waals surface area contributed by atoms with Gasteiger partial charge in [0.2, 0.25) is 5.91 Å². The van der Waals surface area contributed by atoms with Crippen molar-refractivity contribution in [3.8, 4) is 0 Å². The average Bonchev–Trinajstić information content (AvgIpc) is 2.70. The first-order valence-corrected chi connectivity index (χ1v) is 6.70. The third-order valence-electron chi connectivity index (χ3n) is 2.66. The van der Waals surface area contributed by atoms with Crippen molar-refractivity contribution in [3.05, 3.63) is 17.5 Å². The summed E-state index contributed by atoms with van der Waals surface area (Å²) in [6, 6.07) is 0.920. The minimum Gasteiger partial charge on any atom is -0.379 e. The lowest BCUT2D eigenvalue weighted by molar-refractivity contribution is -0.141. The summed E-state index contributed by atoms with van der Waals surface area (Å²) in [4.78, 5) is 11.6. The van der Waals surface area contributed by atoms with Crippen LogP contribution in [0.5, 0.6) is 0 Å². The maximum Gasteiger partial charge on any atom is 0.435 e. The van der Waals surface area contributed by atoms with Crippen molar-refractivity contribution >= 4 is 5.91 Å². The molecule has 0 bridgehead atoms. The summed E-state index contributed by atoms with van der Waals surface area (Å²) in [6.07, 6.45) is -3.72. The summed E-state index contributed by atoms with van der Waals surface area (Å²) in [6.45, 7) is 6.02. The van der Waals surface area contributed by atoms with E-state index >= 15 is 0 Å². The Morgan fingerprint density at radius 3 is 2.67 bits per heavy atom. The first kappa shape index (κ1) is 17.5. The zero-order valence-electron chi connectivity index (χ0n) is 12.3. The number of nitrogens with zero attached hydrogens (tertiary/aromatic N) is 2. The van der Waals surface area contributed by atoms with E-state index in [4.69, 9.17) is 4.74 Å². The molecule has 0 spiro atoms. The number of ether oxygens (including phenoxy) is 1. The van der Waals surface area contributed by atoms with Crippen molar-refractivity contribution in [3.63, 3.8) is 0 Å². The zero-order valence-corrected chi connectivity index (χ0v) is 12.3. The lowest BCUT2D eigenvalue weighted by Gasteiger charge is -2.09. The number of halogens is 3. The molecule has 0 aliphatic heterocycles. The summed E-state index contributed by atoms with van der Waals surface area (Å²) in [7, 11) is 0.